The second-order valence-electron chi connectivity index (χ2n) is 3.70. The molecule has 0 saturated heterocycles. The molecule has 1 aromatic heterocycles. The second-order valence-corrected chi connectivity index (χ2v) is 4.65. The highest BCUT2D eigenvalue weighted by Crippen LogP contribution is 2.25. The number of nitrogens with zero attached hydrogens (tertiary/aromatic N) is 2. The Bertz CT molecular complexity index is 613. The minimum atomic E-state index is -0.0375. The number of hydrogen-bond donors (Lipinski definition) is 1. The lowest BCUT2D eigenvalue weighted by molar-refractivity contribution is -0.117. The number of hydrogen-bond acceptors (Lipinski definition) is 5. The van der Waals surface area contributed by atoms with E-state index in [1.807, 2.05) is 23.6 Å². The quantitative estimate of drug-likeness (QED) is 0.905. The molecular formula is C13H11N3OS. The van der Waals surface area contributed by atoms with Gasteiger partial charge in [0.2, 0.25) is 0 Å². The Balaban J connectivity index is 2.30. The van der Waals surface area contributed by atoms with Gasteiger partial charge in [-0.2, -0.15) is 5.26 Å². The van der Waals surface area contributed by atoms with Gasteiger partial charge in [0.05, 0.1) is 30.3 Å². The van der Waals surface area contributed by atoms with Crippen LogP contribution >= 0.6 is 11.3 Å². The Hall–Kier alpha value is -2.03. The zero-order chi connectivity index (χ0) is 13.0. The van der Waals surface area contributed by atoms with E-state index >= 15 is 0 Å². The molecule has 0 bridgehead atoms. The van der Waals surface area contributed by atoms with Crippen LogP contribution in [0.5, 0.6) is 0 Å². The van der Waals surface area contributed by atoms with Crippen molar-refractivity contribution in [3.8, 4) is 17.3 Å². The Morgan fingerprint density at radius 2 is 2.22 bits per heavy atom. The highest BCUT2D eigenvalue weighted by atomic mass is 32.1. The summed E-state index contributed by atoms with van der Waals surface area (Å²) in [5.41, 5.74) is 7.38. The summed E-state index contributed by atoms with van der Waals surface area (Å²) < 4.78 is 0. The van der Waals surface area contributed by atoms with Crippen molar-refractivity contribution in [3.63, 3.8) is 0 Å². The summed E-state index contributed by atoms with van der Waals surface area (Å²) in [7, 11) is 0. The second kappa shape index (κ2) is 5.54. The number of nitriles is 1. The molecule has 0 unspecified atom stereocenters. The van der Waals surface area contributed by atoms with Gasteiger partial charge in [0.15, 0.2) is 5.78 Å². The van der Waals surface area contributed by atoms with Gasteiger partial charge in [-0.05, 0) is 6.07 Å². The number of benzene rings is 1. The molecule has 0 fully saturated rings. The summed E-state index contributed by atoms with van der Waals surface area (Å²) in [6, 6.07) is 9.41. The van der Waals surface area contributed by atoms with E-state index in [1.54, 1.807) is 6.07 Å². The zero-order valence-electron chi connectivity index (χ0n) is 9.59. The normalized spacial score (nSPS) is 10.0. The van der Waals surface area contributed by atoms with Gasteiger partial charge in [0, 0.05) is 10.9 Å². The van der Waals surface area contributed by atoms with E-state index in [0.29, 0.717) is 5.56 Å². The molecule has 1 aromatic carbocycles. The van der Waals surface area contributed by atoms with Gasteiger partial charge < -0.3 is 5.73 Å². The van der Waals surface area contributed by atoms with Crippen LogP contribution in [0.4, 0.5) is 0 Å². The Morgan fingerprint density at radius 3 is 2.94 bits per heavy atom. The Labute approximate surface area is 109 Å². The summed E-state index contributed by atoms with van der Waals surface area (Å²) in [6.45, 7) is 0.0314. The Kier molecular flexibility index (Phi) is 3.82. The third-order valence-corrected chi connectivity index (χ3v) is 3.30. The van der Waals surface area contributed by atoms with Crippen LogP contribution in [0.25, 0.3) is 11.3 Å². The number of rotatable bonds is 4. The number of carbonyl (C=O) groups excluding carboxylic acids is 1. The van der Waals surface area contributed by atoms with Gasteiger partial charge in [-0.15, -0.1) is 11.3 Å². The monoisotopic (exact) mass is 257 g/mol. The maximum absolute atomic E-state index is 11.2. The fourth-order valence-corrected chi connectivity index (χ4v) is 2.38. The van der Waals surface area contributed by atoms with Gasteiger partial charge in [-0.25, -0.2) is 4.98 Å². The van der Waals surface area contributed by atoms with Crippen LogP contribution in [-0.4, -0.2) is 17.3 Å². The van der Waals surface area contributed by atoms with Crippen LogP contribution in [-0.2, 0) is 11.2 Å². The fourth-order valence-electron chi connectivity index (χ4n) is 1.56. The van der Waals surface area contributed by atoms with Gasteiger partial charge in [-0.3, -0.25) is 4.79 Å². The van der Waals surface area contributed by atoms with E-state index in [9.17, 15) is 4.79 Å². The van der Waals surface area contributed by atoms with E-state index in [1.165, 1.54) is 11.3 Å². The molecule has 18 heavy (non-hydrogen) atoms. The topological polar surface area (TPSA) is 79.8 Å². The number of aromatic nitrogens is 1. The molecule has 0 saturated carbocycles. The van der Waals surface area contributed by atoms with Crippen LogP contribution in [0.3, 0.4) is 0 Å². The molecule has 0 aliphatic rings. The lowest BCUT2D eigenvalue weighted by atomic mass is 10.1. The van der Waals surface area contributed by atoms with Gasteiger partial charge in [-0.1, -0.05) is 18.2 Å². The highest BCUT2D eigenvalue weighted by molar-refractivity contribution is 7.10. The van der Waals surface area contributed by atoms with E-state index in [0.717, 1.165) is 16.3 Å². The molecule has 0 aliphatic heterocycles. The first kappa shape index (κ1) is 12.4. The van der Waals surface area contributed by atoms with Crippen molar-refractivity contribution in [2.45, 2.75) is 6.42 Å². The van der Waals surface area contributed by atoms with Gasteiger partial charge >= 0.3 is 0 Å². The predicted octanol–water partition coefficient (Wildman–Crippen LogP) is 1.75. The molecule has 5 heteroatoms. The molecule has 0 amide bonds. The first-order valence-electron chi connectivity index (χ1n) is 5.40. The Morgan fingerprint density at radius 1 is 1.44 bits per heavy atom. The molecule has 0 aliphatic carbocycles. The standard InChI is InChI=1S/C13H11N3OS/c14-6-9-3-1-2-4-11(9)12-8-18-13(16-12)5-10(17)7-15/h1-4,8H,5,7,15H2. The van der Waals surface area contributed by atoms with Gasteiger partial charge in [0.1, 0.15) is 5.01 Å². The molecule has 1 heterocycles. The molecule has 0 spiro atoms. The largest absolute Gasteiger partial charge is 0.324 e. The minimum Gasteiger partial charge on any atom is -0.324 e. The van der Waals surface area contributed by atoms with Crippen LogP contribution in [0, 0.1) is 11.3 Å². The van der Waals surface area contributed by atoms with Crippen molar-refractivity contribution < 1.29 is 4.79 Å². The van der Waals surface area contributed by atoms with Crippen LogP contribution < -0.4 is 5.73 Å². The number of ketones is 1. The molecule has 0 radical (unpaired) electrons. The van der Waals surface area contributed by atoms with E-state index in [2.05, 4.69) is 11.1 Å². The lowest BCUT2D eigenvalue weighted by Crippen LogP contribution is -2.15. The van der Waals surface area contributed by atoms with Crippen LogP contribution in [0.2, 0.25) is 0 Å². The predicted molar refractivity (Wildman–Crippen MR) is 70.0 cm³/mol. The summed E-state index contributed by atoms with van der Waals surface area (Å²) in [5, 5.41) is 11.6. The van der Waals surface area contributed by atoms with Crippen molar-refractivity contribution in [3.05, 3.63) is 40.2 Å². The smallest absolute Gasteiger partial charge is 0.153 e. The molecule has 90 valence electrons. The first-order valence-corrected chi connectivity index (χ1v) is 6.28. The summed E-state index contributed by atoms with van der Waals surface area (Å²) >= 11 is 1.41. The van der Waals surface area contributed by atoms with Crippen molar-refractivity contribution in [1.29, 1.82) is 5.26 Å². The minimum absolute atomic E-state index is 0.0314. The summed E-state index contributed by atoms with van der Waals surface area (Å²) in [6.07, 6.45) is 0.260. The lowest BCUT2D eigenvalue weighted by Gasteiger charge is -1.98. The summed E-state index contributed by atoms with van der Waals surface area (Å²) in [4.78, 5) is 15.6. The molecular weight excluding hydrogens is 246 g/mol. The highest BCUT2D eigenvalue weighted by Gasteiger charge is 2.10. The number of nitrogens with two attached hydrogens (primary N) is 1. The first-order chi connectivity index (χ1) is 8.74. The molecule has 2 aromatic rings. The number of carbonyl (C=O) groups is 1. The molecule has 0 atom stereocenters. The van der Waals surface area contributed by atoms with E-state index in [4.69, 9.17) is 11.0 Å². The van der Waals surface area contributed by atoms with Crippen molar-refractivity contribution in [2.75, 3.05) is 6.54 Å². The third kappa shape index (κ3) is 2.62. The van der Waals surface area contributed by atoms with Crippen molar-refractivity contribution >= 4 is 17.1 Å². The van der Waals surface area contributed by atoms with Crippen molar-refractivity contribution in [1.82, 2.24) is 4.98 Å². The van der Waals surface area contributed by atoms with Crippen molar-refractivity contribution in [2.24, 2.45) is 5.73 Å². The fraction of sp³-hybridized carbons (Fsp3) is 0.154. The molecule has 2 N–H and O–H groups in total. The molecule has 2 rings (SSSR count). The maximum Gasteiger partial charge on any atom is 0.153 e. The van der Waals surface area contributed by atoms with Crippen LogP contribution in [0.1, 0.15) is 10.6 Å². The maximum atomic E-state index is 11.2. The van der Waals surface area contributed by atoms with E-state index in [-0.39, 0.29) is 18.7 Å². The number of Topliss-reactive ketones (excluding diaryl/α,β-unsaturated/α-hetero) is 1. The summed E-state index contributed by atoms with van der Waals surface area (Å²) in [5.74, 6) is -0.0375. The SMILES string of the molecule is N#Cc1ccccc1-c1csc(CC(=O)CN)n1. The van der Waals surface area contributed by atoms with E-state index < -0.39 is 0 Å². The van der Waals surface area contributed by atoms with Crippen LogP contribution in [0.15, 0.2) is 29.6 Å². The number of thiazole rings is 1. The average molecular weight is 257 g/mol. The molecule has 4 nitrogen and oxygen atoms in total. The van der Waals surface area contributed by atoms with Gasteiger partial charge in [0.25, 0.3) is 0 Å². The zero-order valence-corrected chi connectivity index (χ0v) is 10.4. The average Bonchev–Trinajstić information content (AvgIpc) is 2.86. The third-order valence-electron chi connectivity index (χ3n) is 2.45.